The Morgan fingerprint density at radius 3 is 2.15 bits per heavy atom. The molecule has 0 aromatic carbocycles. The maximum Gasteiger partial charge on any atom is 0.407 e. The molecule has 0 rings (SSSR count). The molecular formula is C10H21NO2. The van der Waals surface area contributed by atoms with Crippen LogP contribution in [0.4, 0.5) is 4.79 Å². The van der Waals surface area contributed by atoms with Gasteiger partial charge in [-0.25, -0.2) is 4.79 Å². The molecule has 0 aromatic heterocycles. The Hall–Kier alpha value is -0.730. The van der Waals surface area contributed by atoms with Gasteiger partial charge in [-0.3, -0.25) is 0 Å². The monoisotopic (exact) mass is 187 g/mol. The van der Waals surface area contributed by atoms with Crippen molar-refractivity contribution in [1.29, 1.82) is 0 Å². The lowest BCUT2D eigenvalue weighted by atomic mass is 10.00. The van der Waals surface area contributed by atoms with Crippen molar-refractivity contribution in [3.8, 4) is 0 Å². The maximum absolute atomic E-state index is 11.0. The van der Waals surface area contributed by atoms with Gasteiger partial charge in [-0.1, -0.05) is 20.8 Å². The van der Waals surface area contributed by atoms with Gasteiger partial charge >= 0.3 is 6.09 Å². The van der Waals surface area contributed by atoms with Crippen LogP contribution in [0.25, 0.3) is 0 Å². The van der Waals surface area contributed by atoms with Gasteiger partial charge in [0.2, 0.25) is 0 Å². The van der Waals surface area contributed by atoms with E-state index in [0.29, 0.717) is 18.4 Å². The zero-order valence-electron chi connectivity index (χ0n) is 9.26. The molecule has 13 heavy (non-hydrogen) atoms. The molecule has 78 valence electrons. The molecule has 1 amide bonds. The highest BCUT2D eigenvalue weighted by molar-refractivity contribution is 5.67. The smallest absolute Gasteiger partial charge is 0.407 e. The predicted octanol–water partition coefficient (Wildman–Crippen LogP) is 2.41. The summed E-state index contributed by atoms with van der Waals surface area (Å²) in [5, 5.41) is 2.68. The van der Waals surface area contributed by atoms with Crippen LogP contribution in [0.5, 0.6) is 0 Å². The second-order valence-electron chi connectivity index (χ2n) is 4.12. The standard InChI is InChI=1S/C10H21NO2/c1-7(2)9(5)6-13-10(12)11-8(3)4/h7-9H,6H2,1-5H3,(H,11,12). The normalized spacial score (nSPS) is 13.2. The van der Waals surface area contributed by atoms with Gasteiger partial charge in [0.1, 0.15) is 0 Å². The Balaban J connectivity index is 3.58. The molecule has 1 unspecified atom stereocenters. The highest BCUT2D eigenvalue weighted by atomic mass is 16.5. The summed E-state index contributed by atoms with van der Waals surface area (Å²) in [5.41, 5.74) is 0. The van der Waals surface area contributed by atoms with E-state index < -0.39 is 0 Å². The summed E-state index contributed by atoms with van der Waals surface area (Å²) < 4.78 is 5.03. The summed E-state index contributed by atoms with van der Waals surface area (Å²) in [4.78, 5) is 11.0. The Bertz CT molecular complexity index is 155. The predicted molar refractivity (Wildman–Crippen MR) is 53.6 cm³/mol. The number of nitrogens with one attached hydrogen (secondary N) is 1. The zero-order valence-corrected chi connectivity index (χ0v) is 9.26. The third-order valence-electron chi connectivity index (χ3n) is 2.02. The fourth-order valence-electron chi connectivity index (χ4n) is 0.677. The van der Waals surface area contributed by atoms with Gasteiger partial charge in [0.25, 0.3) is 0 Å². The van der Waals surface area contributed by atoms with E-state index >= 15 is 0 Å². The van der Waals surface area contributed by atoms with E-state index in [-0.39, 0.29) is 12.1 Å². The van der Waals surface area contributed by atoms with Gasteiger partial charge in [0, 0.05) is 6.04 Å². The highest BCUT2D eigenvalue weighted by Gasteiger charge is 2.10. The summed E-state index contributed by atoms with van der Waals surface area (Å²) in [6.45, 7) is 10.6. The van der Waals surface area contributed by atoms with Gasteiger partial charge in [-0.05, 0) is 25.7 Å². The topological polar surface area (TPSA) is 38.3 Å². The van der Waals surface area contributed by atoms with Crippen LogP contribution in [0.3, 0.4) is 0 Å². The molecule has 0 aromatic rings. The van der Waals surface area contributed by atoms with Crippen molar-refractivity contribution in [1.82, 2.24) is 5.32 Å². The first-order valence-electron chi connectivity index (χ1n) is 4.86. The van der Waals surface area contributed by atoms with Gasteiger partial charge < -0.3 is 10.1 Å². The summed E-state index contributed by atoms with van der Waals surface area (Å²) in [6.07, 6.45) is -0.317. The Kier molecular flexibility index (Phi) is 5.51. The Morgan fingerprint density at radius 1 is 1.23 bits per heavy atom. The van der Waals surface area contributed by atoms with Crippen LogP contribution in [-0.2, 0) is 4.74 Å². The van der Waals surface area contributed by atoms with Crippen molar-refractivity contribution in [2.75, 3.05) is 6.61 Å². The van der Waals surface area contributed by atoms with Crippen molar-refractivity contribution in [2.24, 2.45) is 11.8 Å². The van der Waals surface area contributed by atoms with Crippen LogP contribution in [0.2, 0.25) is 0 Å². The van der Waals surface area contributed by atoms with E-state index in [0.717, 1.165) is 0 Å². The number of rotatable bonds is 4. The number of hydrogen-bond acceptors (Lipinski definition) is 2. The minimum Gasteiger partial charge on any atom is -0.449 e. The van der Waals surface area contributed by atoms with Crippen molar-refractivity contribution < 1.29 is 9.53 Å². The molecule has 0 fully saturated rings. The summed E-state index contributed by atoms with van der Waals surface area (Å²) in [6, 6.07) is 0.141. The number of hydrogen-bond donors (Lipinski definition) is 1. The Morgan fingerprint density at radius 2 is 1.77 bits per heavy atom. The number of amides is 1. The van der Waals surface area contributed by atoms with Gasteiger partial charge in [-0.15, -0.1) is 0 Å². The number of ether oxygens (including phenoxy) is 1. The average molecular weight is 187 g/mol. The van der Waals surface area contributed by atoms with Crippen molar-refractivity contribution in [2.45, 2.75) is 40.7 Å². The second-order valence-corrected chi connectivity index (χ2v) is 4.12. The van der Waals surface area contributed by atoms with Crippen LogP contribution >= 0.6 is 0 Å². The molecule has 0 bridgehead atoms. The van der Waals surface area contributed by atoms with Gasteiger partial charge in [-0.2, -0.15) is 0 Å². The van der Waals surface area contributed by atoms with Crippen LogP contribution in [0.15, 0.2) is 0 Å². The summed E-state index contributed by atoms with van der Waals surface area (Å²) in [7, 11) is 0. The third-order valence-corrected chi connectivity index (χ3v) is 2.02. The first-order valence-corrected chi connectivity index (χ1v) is 4.86. The average Bonchev–Trinajstić information content (AvgIpc) is 1.98. The van der Waals surface area contributed by atoms with Gasteiger partial charge in [0.15, 0.2) is 0 Å². The molecule has 0 radical (unpaired) electrons. The van der Waals surface area contributed by atoms with E-state index in [1.807, 2.05) is 13.8 Å². The molecule has 0 saturated carbocycles. The summed E-state index contributed by atoms with van der Waals surface area (Å²) in [5.74, 6) is 0.963. The van der Waals surface area contributed by atoms with Crippen LogP contribution in [0, 0.1) is 11.8 Å². The van der Waals surface area contributed by atoms with E-state index in [1.165, 1.54) is 0 Å². The van der Waals surface area contributed by atoms with Gasteiger partial charge in [0.05, 0.1) is 6.61 Å². The molecule has 1 atom stereocenters. The molecule has 0 aliphatic heterocycles. The van der Waals surface area contributed by atoms with Crippen molar-refractivity contribution in [3.05, 3.63) is 0 Å². The first kappa shape index (κ1) is 12.3. The van der Waals surface area contributed by atoms with E-state index in [2.05, 4.69) is 26.1 Å². The highest BCUT2D eigenvalue weighted by Crippen LogP contribution is 2.09. The Labute approximate surface area is 80.8 Å². The van der Waals surface area contributed by atoms with Crippen molar-refractivity contribution in [3.63, 3.8) is 0 Å². The summed E-state index contributed by atoms with van der Waals surface area (Å²) >= 11 is 0. The van der Waals surface area contributed by atoms with E-state index in [9.17, 15) is 4.79 Å². The lowest BCUT2D eigenvalue weighted by molar-refractivity contribution is 0.117. The fraction of sp³-hybridized carbons (Fsp3) is 0.900. The van der Waals surface area contributed by atoms with E-state index in [4.69, 9.17) is 4.74 Å². The number of carbonyl (C=O) groups is 1. The molecule has 3 heteroatoms. The van der Waals surface area contributed by atoms with Crippen molar-refractivity contribution >= 4 is 6.09 Å². The van der Waals surface area contributed by atoms with Crippen LogP contribution < -0.4 is 5.32 Å². The molecular weight excluding hydrogens is 166 g/mol. The maximum atomic E-state index is 11.0. The molecule has 0 aliphatic rings. The minimum absolute atomic E-state index is 0.141. The largest absolute Gasteiger partial charge is 0.449 e. The molecule has 0 spiro atoms. The fourth-order valence-corrected chi connectivity index (χ4v) is 0.677. The SMILES string of the molecule is CC(C)NC(=O)OCC(C)C(C)C. The number of carbonyl (C=O) groups excluding carboxylic acids is 1. The third kappa shape index (κ3) is 6.43. The molecule has 0 aliphatic carbocycles. The quantitative estimate of drug-likeness (QED) is 0.734. The van der Waals surface area contributed by atoms with Crippen LogP contribution in [0.1, 0.15) is 34.6 Å². The first-order chi connectivity index (χ1) is 5.93. The van der Waals surface area contributed by atoms with Crippen LogP contribution in [-0.4, -0.2) is 18.7 Å². The molecule has 0 saturated heterocycles. The van der Waals surface area contributed by atoms with E-state index in [1.54, 1.807) is 0 Å². The molecule has 3 nitrogen and oxygen atoms in total. The molecule has 0 heterocycles. The lowest BCUT2D eigenvalue weighted by Crippen LogP contribution is -2.32. The minimum atomic E-state index is -0.317. The number of alkyl carbamates (subject to hydrolysis) is 1. The second kappa shape index (κ2) is 5.84. The zero-order chi connectivity index (χ0) is 10.4. The molecule has 1 N–H and O–H groups in total. The lowest BCUT2D eigenvalue weighted by Gasteiger charge is -2.16.